The maximum atomic E-state index is 12.8. The number of rotatable bonds is 6. The molecule has 0 N–H and O–H groups in total. The van der Waals surface area contributed by atoms with Crippen LogP contribution < -0.4 is 4.74 Å². The van der Waals surface area contributed by atoms with E-state index in [2.05, 4.69) is 15.9 Å². The number of carbonyl (C=O) groups excluding carboxylic acids is 3. The zero-order valence-corrected chi connectivity index (χ0v) is 22.0. The first-order valence-electron chi connectivity index (χ1n) is 10.7. The molecule has 4 rings (SSSR count). The lowest BCUT2D eigenvalue weighted by molar-refractivity contribution is -0.136. The Hall–Kier alpha value is -2.00. The van der Waals surface area contributed by atoms with Crippen LogP contribution in [0.4, 0.5) is 4.79 Å². The molecule has 0 bridgehead atoms. The molecule has 6 nitrogen and oxygen atoms in total. The fraction of sp³-hybridized carbons (Fsp3) is 0.292. The summed E-state index contributed by atoms with van der Waals surface area (Å²) in [6.07, 6.45) is 4.52. The van der Waals surface area contributed by atoms with Crippen molar-refractivity contribution >= 4 is 74.0 Å². The van der Waals surface area contributed by atoms with E-state index in [0.717, 1.165) is 46.0 Å². The first-order chi connectivity index (χ1) is 16.3. The first kappa shape index (κ1) is 25.1. The predicted molar refractivity (Wildman–Crippen MR) is 138 cm³/mol. The van der Waals surface area contributed by atoms with Crippen LogP contribution in [0.3, 0.4) is 0 Å². The molecule has 2 saturated heterocycles. The Bertz CT molecular complexity index is 1130. The number of imide groups is 1. The summed E-state index contributed by atoms with van der Waals surface area (Å²) in [6, 6.07) is 10.9. The molecule has 2 aliphatic rings. The van der Waals surface area contributed by atoms with Gasteiger partial charge in [-0.15, -0.1) is 0 Å². The molecular formula is C24H21BrCl2N2O4S. The normalized spacial score (nSPS) is 17.6. The van der Waals surface area contributed by atoms with Gasteiger partial charge in [-0.1, -0.05) is 51.3 Å². The second kappa shape index (κ2) is 11.2. The second-order valence-corrected chi connectivity index (χ2v) is 10.7. The molecule has 178 valence electrons. The van der Waals surface area contributed by atoms with Crippen LogP contribution in [0.2, 0.25) is 10.0 Å². The lowest BCUT2D eigenvalue weighted by Crippen LogP contribution is -2.44. The van der Waals surface area contributed by atoms with Crippen molar-refractivity contribution in [1.82, 2.24) is 9.80 Å². The summed E-state index contributed by atoms with van der Waals surface area (Å²) < 4.78 is 6.77. The van der Waals surface area contributed by atoms with Gasteiger partial charge in [0.1, 0.15) is 13.2 Å². The summed E-state index contributed by atoms with van der Waals surface area (Å²) in [6.45, 7) is 1.37. The molecule has 2 aliphatic heterocycles. The van der Waals surface area contributed by atoms with Crippen LogP contribution in [-0.2, 0) is 16.2 Å². The number of benzene rings is 2. The van der Waals surface area contributed by atoms with E-state index in [1.165, 1.54) is 0 Å². The molecule has 0 saturated carbocycles. The Kier molecular flexibility index (Phi) is 8.24. The maximum Gasteiger partial charge on any atom is 0.294 e. The van der Waals surface area contributed by atoms with E-state index in [1.54, 1.807) is 23.1 Å². The minimum atomic E-state index is -0.497. The van der Waals surface area contributed by atoms with Gasteiger partial charge in [0.05, 0.1) is 15.0 Å². The molecule has 10 heteroatoms. The Morgan fingerprint density at radius 3 is 2.35 bits per heavy atom. The summed E-state index contributed by atoms with van der Waals surface area (Å²) >= 11 is 17.0. The maximum absolute atomic E-state index is 12.8. The smallest absolute Gasteiger partial charge is 0.294 e. The highest BCUT2D eigenvalue weighted by molar-refractivity contribution is 9.10. The Morgan fingerprint density at radius 1 is 1.06 bits per heavy atom. The van der Waals surface area contributed by atoms with Crippen molar-refractivity contribution in [3.63, 3.8) is 0 Å². The van der Waals surface area contributed by atoms with Crippen LogP contribution >= 0.6 is 50.9 Å². The van der Waals surface area contributed by atoms with Crippen molar-refractivity contribution in [2.24, 2.45) is 0 Å². The number of nitrogens with zero attached hydrogens (tertiary/aromatic N) is 2. The molecule has 0 radical (unpaired) electrons. The largest absolute Gasteiger partial charge is 0.486 e. The predicted octanol–water partition coefficient (Wildman–Crippen LogP) is 6.38. The van der Waals surface area contributed by atoms with Gasteiger partial charge in [0.25, 0.3) is 11.1 Å². The number of hydrogen-bond acceptors (Lipinski definition) is 5. The van der Waals surface area contributed by atoms with Crippen molar-refractivity contribution in [2.45, 2.75) is 25.9 Å². The number of carbonyl (C=O) groups is 3. The van der Waals surface area contributed by atoms with E-state index in [4.69, 9.17) is 27.9 Å². The number of ether oxygens (including phenoxy) is 1. The number of thioether (sulfide) groups is 1. The minimum Gasteiger partial charge on any atom is -0.486 e. The molecule has 0 spiro atoms. The highest BCUT2D eigenvalue weighted by atomic mass is 79.9. The van der Waals surface area contributed by atoms with E-state index >= 15 is 0 Å². The van der Waals surface area contributed by atoms with Gasteiger partial charge in [0.2, 0.25) is 5.91 Å². The third-order valence-corrected chi connectivity index (χ3v) is 7.49. The van der Waals surface area contributed by atoms with Crippen LogP contribution in [0, 0.1) is 0 Å². The van der Waals surface area contributed by atoms with E-state index in [1.807, 2.05) is 24.3 Å². The average Bonchev–Trinajstić information content (AvgIpc) is 3.07. The second-order valence-electron chi connectivity index (χ2n) is 7.94. The van der Waals surface area contributed by atoms with Gasteiger partial charge in [-0.05, 0) is 72.5 Å². The van der Waals surface area contributed by atoms with Crippen molar-refractivity contribution in [1.29, 1.82) is 0 Å². The van der Waals surface area contributed by atoms with Crippen molar-refractivity contribution in [3.05, 3.63) is 66.9 Å². The summed E-state index contributed by atoms with van der Waals surface area (Å²) in [5, 5.41) is 0.110. The van der Waals surface area contributed by atoms with E-state index < -0.39 is 11.1 Å². The van der Waals surface area contributed by atoms with E-state index in [0.29, 0.717) is 24.4 Å². The van der Waals surface area contributed by atoms with Crippen molar-refractivity contribution in [3.8, 4) is 5.75 Å². The summed E-state index contributed by atoms with van der Waals surface area (Å²) in [5.74, 6) is -0.367. The number of halogens is 3. The van der Waals surface area contributed by atoms with E-state index in [-0.39, 0.29) is 34.0 Å². The number of likely N-dealkylation sites (tertiary alicyclic amines) is 1. The summed E-state index contributed by atoms with van der Waals surface area (Å²) in [5.41, 5.74) is 1.51. The van der Waals surface area contributed by atoms with Crippen LogP contribution in [0.25, 0.3) is 6.08 Å². The van der Waals surface area contributed by atoms with Gasteiger partial charge in [0, 0.05) is 17.6 Å². The molecule has 0 atom stereocenters. The SMILES string of the molecule is O=C(CN1C(=O)S/C(=C\c2cc(Cl)c(OCc3ccc(Br)cc3)c(Cl)c2)C1=O)N1CCCCC1. The zero-order chi connectivity index (χ0) is 24.2. The highest BCUT2D eigenvalue weighted by Crippen LogP contribution is 2.38. The third-order valence-electron chi connectivity index (χ3n) is 5.49. The van der Waals surface area contributed by atoms with Gasteiger partial charge >= 0.3 is 0 Å². The van der Waals surface area contributed by atoms with Crippen molar-refractivity contribution in [2.75, 3.05) is 19.6 Å². The van der Waals surface area contributed by atoms with Crippen LogP contribution in [0.5, 0.6) is 5.75 Å². The average molecular weight is 584 g/mol. The molecule has 2 aromatic rings. The molecule has 0 unspecified atom stereocenters. The molecule has 2 aromatic carbocycles. The zero-order valence-electron chi connectivity index (χ0n) is 18.1. The Labute approximate surface area is 220 Å². The van der Waals surface area contributed by atoms with Gasteiger partial charge in [0.15, 0.2) is 5.75 Å². The standard InChI is InChI=1S/C24H21BrCl2N2O4S/c25-17-6-4-15(5-7-17)14-33-22-18(26)10-16(11-19(22)27)12-20-23(31)29(24(32)34-20)13-21(30)28-8-2-1-3-9-28/h4-7,10-12H,1-3,8-9,13-14H2/b20-12-. The molecular weight excluding hydrogens is 563 g/mol. The van der Waals surface area contributed by atoms with Crippen LogP contribution in [-0.4, -0.2) is 46.5 Å². The third kappa shape index (κ3) is 5.97. The summed E-state index contributed by atoms with van der Waals surface area (Å²) in [4.78, 5) is 40.7. The van der Waals surface area contributed by atoms with E-state index in [9.17, 15) is 14.4 Å². The molecule has 3 amide bonds. The summed E-state index contributed by atoms with van der Waals surface area (Å²) in [7, 11) is 0. The fourth-order valence-corrected chi connectivity index (χ4v) is 5.42. The van der Waals surface area contributed by atoms with Crippen LogP contribution in [0.15, 0.2) is 45.8 Å². The Morgan fingerprint density at radius 2 is 1.71 bits per heavy atom. The van der Waals surface area contributed by atoms with Gasteiger partial charge in [-0.3, -0.25) is 19.3 Å². The fourth-order valence-electron chi connectivity index (χ4n) is 3.70. The number of hydrogen-bond donors (Lipinski definition) is 0. The van der Waals surface area contributed by atoms with Gasteiger partial charge in [-0.2, -0.15) is 0 Å². The number of piperidine rings is 1. The van der Waals surface area contributed by atoms with Gasteiger partial charge in [-0.25, -0.2) is 0 Å². The molecule has 2 fully saturated rings. The highest BCUT2D eigenvalue weighted by Gasteiger charge is 2.37. The monoisotopic (exact) mass is 582 g/mol. The molecule has 34 heavy (non-hydrogen) atoms. The van der Waals surface area contributed by atoms with Crippen LogP contribution in [0.1, 0.15) is 30.4 Å². The lowest BCUT2D eigenvalue weighted by atomic mass is 10.1. The van der Waals surface area contributed by atoms with Gasteiger partial charge < -0.3 is 9.64 Å². The quantitative estimate of drug-likeness (QED) is 0.369. The topological polar surface area (TPSA) is 66.9 Å². The Balaban J connectivity index is 1.44. The van der Waals surface area contributed by atoms with Crippen molar-refractivity contribution < 1.29 is 19.1 Å². The molecule has 2 heterocycles. The minimum absolute atomic E-state index is 0.207. The molecule has 0 aliphatic carbocycles. The number of amides is 3. The molecule has 0 aromatic heterocycles. The lowest BCUT2D eigenvalue weighted by Gasteiger charge is -2.27. The first-order valence-corrected chi connectivity index (χ1v) is 13.1.